The summed E-state index contributed by atoms with van der Waals surface area (Å²) < 4.78 is 12.9. The number of aromatic nitrogens is 1. The van der Waals surface area contributed by atoms with Gasteiger partial charge in [-0.25, -0.2) is 4.98 Å². The number of pyridine rings is 1. The molecule has 5 heteroatoms. The van der Waals surface area contributed by atoms with Crippen molar-refractivity contribution in [3.8, 4) is 11.5 Å². The molecule has 30 heavy (non-hydrogen) atoms. The van der Waals surface area contributed by atoms with Gasteiger partial charge in [-0.05, 0) is 68.6 Å². The van der Waals surface area contributed by atoms with Crippen LogP contribution in [0.25, 0.3) is 10.9 Å². The predicted molar refractivity (Wildman–Crippen MR) is 120 cm³/mol. The molecule has 5 rings (SSSR count). The molecule has 2 aromatic carbocycles. The van der Waals surface area contributed by atoms with Crippen LogP contribution in [0.4, 0.5) is 5.82 Å². The van der Waals surface area contributed by atoms with Crippen LogP contribution < -0.4 is 20.5 Å². The second-order valence-corrected chi connectivity index (χ2v) is 9.26. The molecule has 0 spiro atoms. The normalized spacial score (nSPS) is 22.5. The van der Waals surface area contributed by atoms with E-state index < -0.39 is 0 Å². The van der Waals surface area contributed by atoms with Crippen molar-refractivity contribution in [2.24, 2.45) is 0 Å². The number of hydrogen-bond acceptors (Lipinski definition) is 5. The molecule has 3 heterocycles. The monoisotopic (exact) mass is 403 g/mol. The van der Waals surface area contributed by atoms with Gasteiger partial charge in [-0.2, -0.15) is 0 Å². The van der Waals surface area contributed by atoms with Crippen LogP contribution in [-0.4, -0.2) is 29.3 Å². The number of fused-ring (bicyclic) bond motifs is 2. The number of anilines is 1. The highest BCUT2D eigenvalue weighted by Gasteiger charge is 2.37. The minimum atomic E-state index is -0.302. The van der Waals surface area contributed by atoms with Crippen LogP contribution in [0.1, 0.15) is 37.8 Å². The Bertz CT molecular complexity index is 1090. The minimum Gasteiger partial charge on any atom is -0.488 e. The van der Waals surface area contributed by atoms with Gasteiger partial charge in [-0.3, -0.25) is 0 Å². The first-order valence-electron chi connectivity index (χ1n) is 10.8. The van der Waals surface area contributed by atoms with E-state index in [1.54, 1.807) is 0 Å². The summed E-state index contributed by atoms with van der Waals surface area (Å²) in [5.74, 6) is 2.32. The van der Waals surface area contributed by atoms with Crippen molar-refractivity contribution >= 4 is 16.7 Å². The van der Waals surface area contributed by atoms with E-state index in [-0.39, 0.29) is 11.2 Å². The minimum absolute atomic E-state index is 0.0859. The predicted octanol–water partition coefficient (Wildman–Crippen LogP) is 4.27. The average molecular weight is 404 g/mol. The Morgan fingerprint density at radius 3 is 2.87 bits per heavy atom. The third-order valence-electron chi connectivity index (χ3n) is 6.27. The van der Waals surface area contributed by atoms with Crippen LogP contribution in [0.3, 0.4) is 0 Å². The van der Waals surface area contributed by atoms with Gasteiger partial charge in [0.25, 0.3) is 0 Å². The Morgan fingerprint density at radius 2 is 2.03 bits per heavy atom. The summed E-state index contributed by atoms with van der Waals surface area (Å²) in [6.07, 6.45) is 3.88. The topological polar surface area (TPSA) is 69.4 Å². The van der Waals surface area contributed by atoms with Gasteiger partial charge in [-0.1, -0.05) is 24.3 Å². The molecule has 3 aromatic rings. The number of para-hydroxylation sites is 1. The number of aryl methyl sites for hydroxylation is 1. The molecular formula is C25H29N3O2. The van der Waals surface area contributed by atoms with Crippen LogP contribution in [0.15, 0.2) is 48.5 Å². The number of nitrogen functional groups attached to an aromatic ring is 1. The Kier molecular flexibility index (Phi) is 4.58. The Labute approximate surface area is 177 Å². The van der Waals surface area contributed by atoms with Crippen molar-refractivity contribution in [3.05, 3.63) is 59.7 Å². The van der Waals surface area contributed by atoms with Crippen molar-refractivity contribution in [1.29, 1.82) is 0 Å². The molecule has 156 valence electrons. The SMILES string of the molecule is CC1(C)CCc2cc(C[C@]3(Oc4cccc5ccc(N)nc45)CCNC3)ccc2O1. The highest BCUT2D eigenvalue weighted by Crippen LogP contribution is 2.36. The van der Waals surface area contributed by atoms with Crippen LogP contribution in [0, 0.1) is 0 Å². The fourth-order valence-corrected chi connectivity index (χ4v) is 4.64. The van der Waals surface area contributed by atoms with Crippen molar-refractivity contribution < 1.29 is 9.47 Å². The molecule has 2 aliphatic heterocycles. The van der Waals surface area contributed by atoms with Gasteiger partial charge in [0.2, 0.25) is 0 Å². The van der Waals surface area contributed by atoms with Crippen LogP contribution in [0.2, 0.25) is 0 Å². The van der Waals surface area contributed by atoms with Crippen LogP contribution in [0.5, 0.6) is 11.5 Å². The fourth-order valence-electron chi connectivity index (χ4n) is 4.64. The van der Waals surface area contributed by atoms with Gasteiger partial charge < -0.3 is 20.5 Å². The molecule has 0 unspecified atom stereocenters. The Hall–Kier alpha value is -2.79. The third kappa shape index (κ3) is 3.70. The Morgan fingerprint density at radius 1 is 1.13 bits per heavy atom. The maximum atomic E-state index is 6.70. The standard InChI is InChI=1S/C25H29N3O2/c1-24(2)11-10-19-14-17(6-8-20(19)29-24)15-25(12-13-27-16-25)30-21-5-3-4-18-7-9-22(26)28-23(18)21/h3-9,14,27H,10-13,15-16H2,1-2H3,(H2,26,28)/t25-/m1/s1. The van der Waals surface area contributed by atoms with Gasteiger partial charge in [-0.15, -0.1) is 0 Å². The summed E-state index contributed by atoms with van der Waals surface area (Å²) in [5, 5.41) is 4.53. The molecule has 1 fully saturated rings. The molecule has 3 N–H and O–H groups in total. The van der Waals surface area contributed by atoms with E-state index in [1.807, 2.05) is 30.3 Å². The molecule has 1 aromatic heterocycles. The number of nitrogens with one attached hydrogen (secondary N) is 1. The highest BCUT2D eigenvalue weighted by molar-refractivity contribution is 5.85. The molecule has 2 aliphatic rings. The zero-order valence-electron chi connectivity index (χ0n) is 17.7. The molecule has 0 aliphatic carbocycles. The van der Waals surface area contributed by atoms with Gasteiger partial charge >= 0.3 is 0 Å². The van der Waals surface area contributed by atoms with Crippen molar-refractivity contribution in [3.63, 3.8) is 0 Å². The van der Waals surface area contributed by atoms with E-state index in [0.717, 1.165) is 61.2 Å². The summed E-state index contributed by atoms with van der Waals surface area (Å²) in [6.45, 7) is 6.07. The zero-order valence-corrected chi connectivity index (χ0v) is 17.7. The van der Waals surface area contributed by atoms with E-state index >= 15 is 0 Å². The molecular weight excluding hydrogens is 374 g/mol. The molecule has 1 saturated heterocycles. The average Bonchev–Trinajstić information content (AvgIpc) is 3.16. The lowest BCUT2D eigenvalue weighted by Crippen LogP contribution is -2.41. The third-order valence-corrected chi connectivity index (χ3v) is 6.27. The smallest absolute Gasteiger partial charge is 0.146 e. The van der Waals surface area contributed by atoms with Gasteiger partial charge in [0.1, 0.15) is 34.0 Å². The number of benzene rings is 2. The van der Waals surface area contributed by atoms with Crippen LogP contribution >= 0.6 is 0 Å². The van der Waals surface area contributed by atoms with Crippen molar-refractivity contribution in [1.82, 2.24) is 10.3 Å². The number of hydrogen-bond donors (Lipinski definition) is 2. The van der Waals surface area contributed by atoms with E-state index in [2.05, 4.69) is 42.3 Å². The summed E-state index contributed by atoms with van der Waals surface area (Å²) >= 11 is 0. The summed E-state index contributed by atoms with van der Waals surface area (Å²) in [4.78, 5) is 4.54. The number of ether oxygens (including phenoxy) is 2. The number of rotatable bonds is 4. The zero-order chi connectivity index (χ0) is 20.8. The molecule has 5 nitrogen and oxygen atoms in total. The lowest BCUT2D eigenvalue weighted by molar-refractivity contribution is 0.0834. The fraction of sp³-hybridized carbons (Fsp3) is 0.400. The van der Waals surface area contributed by atoms with Crippen molar-refractivity contribution in [2.45, 2.75) is 50.7 Å². The van der Waals surface area contributed by atoms with Gasteiger partial charge in [0.05, 0.1) is 0 Å². The second-order valence-electron chi connectivity index (χ2n) is 9.26. The molecule has 0 radical (unpaired) electrons. The second kappa shape index (κ2) is 7.17. The van der Waals surface area contributed by atoms with Crippen molar-refractivity contribution in [2.75, 3.05) is 18.8 Å². The molecule has 0 saturated carbocycles. The molecule has 1 atom stereocenters. The van der Waals surface area contributed by atoms with E-state index in [4.69, 9.17) is 15.2 Å². The number of nitrogens with two attached hydrogens (primary N) is 1. The summed E-state index contributed by atoms with van der Waals surface area (Å²) in [7, 11) is 0. The Balaban J connectivity index is 1.44. The van der Waals surface area contributed by atoms with E-state index in [0.29, 0.717) is 5.82 Å². The van der Waals surface area contributed by atoms with Crippen LogP contribution in [-0.2, 0) is 12.8 Å². The summed E-state index contributed by atoms with van der Waals surface area (Å²) in [6, 6.07) is 16.5. The molecule has 0 bridgehead atoms. The number of nitrogens with zero attached hydrogens (tertiary/aromatic N) is 1. The maximum Gasteiger partial charge on any atom is 0.146 e. The quantitative estimate of drug-likeness (QED) is 0.681. The van der Waals surface area contributed by atoms with Gasteiger partial charge in [0, 0.05) is 24.8 Å². The molecule has 0 amide bonds. The van der Waals surface area contributed by atoms with Gasteiger partial charge in [0.15, 0.2) is 0 Å². The lowest BCUT2D eigenvalue weighted by Gasteiger charge is -2.34. The largest absolute Gasteiger partial charge is 0.488 e. The first-order chi connectivity index (χ1) is 14.4. The summed E-state index contributed by atoms with van der Waals surface area (Å²) in [5.41, 5.74) is 8.97. The van der Waals surface area contributed by atoms with E-state index in [1.165, 1.54) is 11.1 Å². The maximum absolute atomic E-state index is 6.70. The lowest BCUT2D eigenvalue weighted by atomic mass is 9.89. The first kappa shape index (κ1) is 19.2. The first-order valence-corrected chi connectivity index (χ1v) is 10.8. The highest BCUT2D eigenvalue weighted by atomic mass is 16.5. The van der Waals surface area contributed by atoms with E-state index in [9.17, 15) is 0 Å².